The van der Waals surface area contributed by atoms with Crippen LogP contribution in [0.15, 0.2) is 55.3 Å². The first kappa shape index (κ1) is 46.8. The number of allylic oxidation sites excluding steroid dienone is 1. The number of benzene rings is 2. The molecule has 0 spiro atoms. The Morgan fingerprint density at radius 3 is 2.44 bits per heavy atom. The van der Waals surface area contributed by atoms with E-state index < -0.39 is 29.4 Å². The first-order chi connectivity index (χ1) is 29.4. The summed E-state index contributed by atoms with van der Waals surface area (Å²) >= 11 is 1.60. The number of aldehydes is 1. The number of halogens is 3. The molecule has 0 fully saturated rings. The molecule has 2 amide bonds. The van der Waals surface area contributed by atoms with Crippen LogP contribution in [-0.2, 0) is 14.3 Å². The molecule has 3 unspecified atom stereocenters. The minimum Gasteiger partial charge on any atom is -0.380 e. The number of amides is 2. The summed E-state index contributed by atoms with van der Waals surface area (Å²) in [5.41, 5.74) is 1.01. The zero-order chi connectivity index (χ0) is 44.1. The Balaban J connectivity index is 0.986. The first-order valence-electron chi connectivity index (χ1n) is 20.2. The number of ether oxygens (including phenoxy) is 2. The Bertz CT molecular complexity index is 2200. The smallest absolute Gasteiger partial charge is 0.255 e. The molecule has 328 valence electrons. The van der Waals surface area contributed by atoms with E-state index in [0.29, 0.717) is 62.4 Å². The fourth-order valence-electron chi connectivity index (χ4n) is 7.02. The SMILES string of the molecule is C=CCCC(C(=O)NC)N(C)C(=O)c1cc(NCCOCCOCCNSC2C=CC(Nc3ncc(F)c(-c4cc(F)c5nc(C)n(C(C)C)c5c4)n3)CC2)c(F)cc1C=O. The van der Waals surface area contributed by atoms with Crippen LogP contribution in [0, 0.1) is 24.4 Å². The molecule has 0 radical (unpaired) electrons. The van der Waals surface area contributed by atoms with E-state index in [1.54, 1.807) is 24.1 Å². The van der Waals surface area contributed by atoms with E-state index in [4.69, 9.17) is 9.47 Å². The Morgan fingerprint density at radius 1 is 1.02 bits per heavy atom. The average Bonchev–Trinajstić information content (AvgIpc) is 3.60. The van der Waals surface area contributed by atoms with Crippen molar-refractivity contribution < 1.29 is 37.0 Å². The van der Waals surface area contributed by atoms with Gasteiger partial charge in [0.1, 0.15) is 28.9 Å². The van der Waals surface area contributed by atoms with Crippen LogP contribution in [0.25, 0.3) is 22.3 Å². The lowest BCUT2D eigenvalue weighted by molar-refractivity contribution is -0.125. The molecule has 61 heavy (non-hydrogen) atoms. The van der Waals surface area contributed by atoms with E-state index in [1.165, 1.54) is 31.1 Å². The number of anilines is 2. The predicted molar refractivity (Wildman–Crippen MR) is 232 cm³/mol. The minimum absolute atomic E-state index is 0.00937. The molecule has 3 atom stereocenters. The molecule has 14 nitrogen and oxygen atoms in total. The molecule has 0 bridgehead atoms. The summed E-state index contributed by atoms with van der Waals surface area (Å²) in [4.78, 5) is 51.7. The van der Waals surface area contributed by atoms with Gasteiger partial charge in [-0.3, -0.25) is 19.1 Å². The number of imidazole rings is 1. The number of aromatic nitrogens is 4. The van der Waals surface area contributed by atoms with E-state index in [0.717, 1.165) is 25.1 Å². The number of hydrogen-bond donors (Lipinski definition) is 4. The fourth-order valence-corrected chi connectivity index (χ4v) is 7.85. The molecule has 4 N–H and O–H groups in total. The van der Waals surface area contributed by atoms with Crippen LogP contribution in [0.3, 0.4) is 0 Å². The lowest BCUT2D eigenvalue weighted by Crippen LogP contribution is -2.47. The second kappa shape index (κ2) is 22.5. The lowest BCUT2D eigenvalue weighted by Gasteiger charge is -2.27. The van der Waals surface area contributed by atoms with Gasteiger partial charge in [-0.2, -0.15) is 0 Å². The highest BCUT2D eigenvalue weighted by atomic mass is 32.2. The number of rotatable bonds is 23. The van der Waals surface area contributed by atoms with Gasteiger partial charge in [0.2, 0.25) is 11.9 Å². The van der Waals surface area contributed by atoms with Crippen LogP contribution in [-0.4, -0.2) is 113 Å². The van der Waals surface area contributed by atoms with Crippen molar-refractivity contribution in [2.45, 2.75) is 69.8 Å². The molecule has 1 aliphatic carbocycles. The third-order valence-electron chi connectivity index (χ3n) is 10.1. The summed E-state index contributed by atoms with van der Waals surface area (Å²) in [5.74, 6) is -1.91. The predicted octanol–water partition coefficient (Wildman–Crippen LogP) is 6.65. The van der Waals surface area contributed by atoms with E-state index >= 15 is 4.39 Å². The first-order valence-corrected chi connectivity index (χ1v) is 21.1. The zero-order valence-electron chi connectivity index (χ0n) is 35.1. The molecule has 2 heterocycles. The number of carbonyl (C=O) groups is 3. The molecule has 18 heteroatoms. The number of likely N-dealkylation sites (N-methyl/N-ethyl adjacent to an activating group) is 2. The van der Waals surface area contributed by atoms with Crippen LogP contribution in [0.5, 0.6) is 0 Å². The Hall–Kier alpha value is -5.30. The van der Waals surface area contributed by atoms with Crippen LogP contribution in [0.4, 0.5) is 24.8 Å². The van der Waals surface area contributed by atoms with E-state index in [2.05, 4.69) is 48.3 Å². The van der Waals surface area contributed by atoms with Gasteiger partial charge in [0.25, 0.3) is 5.91 Å². The Morgan fingerprint density at radius 2 is 1.77 bits per heavy atom. The minimum atomic E-state index is -0.800. The highest BCUT2D eigenvalue weighted by Crippen LogP contribution is 2.31. The quantitative estimate of drug-likeness (QED) is 0.0272. The second-order valence-electron chi connectivity index (χ2n) is 14.7. The summed E-state index contributed by atoms with van der Waals surface area (Å²) < 4.78 is 61.4. The van der Waals surface area contributed by atoms with Gasteiger partial charge in [0.05, 0.1) is 49.4 Å². The van der Waals surface area contributed by atoms with Crippen LogP contribution < -0.4 is 20.7 Å². The molecule has 0 saturated heterocycles. The topological polar surface area (TPSA) is 165 Å². The van der Waals surface area contributed by atoms with Crippen LogP contribution in [0.2, 0.25) is 0 Å². The average molecular weight is 866 g/mol. The second-order valence-corrected chi connectivity index (χ2v) is 15.8. The van der Waals surface area contributed by atoms with Gasteiger partial charge in [-0.15, -0.1) is 6.58 Å². The highest BCUT2D eigenvalue weighted by Gasteiger charge is 2.28. The van der Waals surface area contributed by atoms with Crippen molar-refractivity contribution in [2.24, 2.45) is 0 Å². The maximum Gasteiger partial charge on any atom is 0.255 e. The van der Waals surface area contributed by atoms with Gasteiger partial charge in [-0.1, -0.05) is 30.2 Å². The van der Waals surface area contributed by atoms with Crippen molar-refractivity contribution in [3.8, 4) is 11.3 Å². The van der Waals surface area contributed by atoms with Gasteiger partial charge < -0.3 is 34.9 Å². The highest BCUT2D eigenvalue weighted by molar-refractivity contribution is 7.98. The summed E-state index contributed by atoms with van der Waals surface area (Å²) in [6, 6.07) is 4.42. The summed E-state index contributed by atoms with van der Waals surface area (Å²) in [6.07, 6.45) is 9.78. The fraction of sp³-hybridized carbons (Fsp3) is 0.442. The summed E-state index contributed by atoms with van der Waals surface area (Å²) in [6.45, 7) is 11.7. The monoisotopic (exact) mass is 865 g/mol. The third kappa shape index (κ3) is 12.2. The Labute approximate surface area is 358 Å². The molecule has 2 aromatic carbocycles. The third-order valence-corrected chi connectivity index (χ3v) is 11.2. The standard InChI is InChI=1S/C43H54F3N9O5S/c1-7-8-9-37(41(57)47-5)54(6)42(58)32-23-36(33(44)21-29(32)25-56)48-14-16-59-18-19-60-17-15-50-61-31-12-10-30(11-13-31)52-43-49-24-35(46)39(53-43)28-20-34(45)40-38(22-28)55(26(2)3)27(4)51-40/h7,10,12,20-26,30-31,37,48,50H,1,8-9,11,13-19H2,2-6H3,(H,47,57)(H,49,52,53). The molecular weight excluding hydrogens is 812 g/mol. The molecule has 2 aromatic heterocycles. The zero-order valence-corrected chi connectivity index (χ0v) is 35.9. The summed E-state index contributed by atoms with van der Waals surface area (Å²) in [5, 5.41) is 8.95. The maximum absolute atomic E-state index is 15.1. The van der Waals surface area contributed by atoms with Gasteiger partial charge in [-0.25, -0.2) is 28.1 Å². The van der Waals surface area contributed by atoms with Crippen LogP contribution >= 0.6 is 11.9 Å². The summed E-state index contributed by atoms with van der Waals surface area (Å²) in [7, 11) is 2.94. The molecular formula is C43H54F3N9O5S. The largest absolute Gasteiger partial charge is 0.380 e. The number of aryl methyl sites for hydroxylation is 1. The van der Waals surface area contributed by atoms with Crippen molar-refractivity contribution in [2.75, 3.05) is 64.2 Å². The number of nitrogens with one attached hydrogen (secondary N) is 4. The maximum atomic E-state index is 15.1. The van der Waals surface area contributed by atoms with Crippen molar-refractivity contribution in [3.05, 3.63) is 89.7 Å². The van der Waals surface area contributed by atoms with E-state index in [9.17, 15) is 23.2 Å². The van der Waals surface area contributed by atoms with Crippen molar-refractivity contribution in [1.29, 1.82) is 0 Å². The van der Waals surface area contributed by atoms with Crippen molar-refractivity contribution in [1.82, 2.24) is 34.5 Å². The number of nitrogens with zero attached hydrogens (tertiary/aromatic N) is 5. The normalized spacial score (nSPS) is 15.5. The van der Waals surface area contributed by atoms with Gasteiger partial charge in [0, 0.05) is 55.6 Å². The molecule has 5 rings (SSSR count). The number of hydrogen-bond acceptors (Lipinski definition) is 12. The molecule has 4 aromatic rings. The van der Waals surface area contributed by atoms with Gasteiger partial charge >= 0.3 is 0 Å². The molecule has 0 saturated carbocycles. The molecule has 0 aliphatic heterocycles. The van der Waals surface area contributed by atoms with Gasteiger partial charge in [-0.05, 0) is 70.7 Å². The molecule has 1 aliphatic rings. The van der Waals surface area contributed by atoms with Crippen molar-refractivity contribution in [3.63, 3.8) is 0 Å². The Kier molecular flexibility index (Phi) is 17.3. The van der Waals surface area contributed by atoms with Gasteiger partial charge in [0.15, 0.2) is 17.9 Å². The van der Waals surface area contributed by atoms with E-state index in [-0.39, 0.29) is 70.4 Å². The lowest BCUT2D eigenvalue weighted by atomic mass is 10.0. The van der Waals surface area contributed by atoms with Crippen LogP contribution in [0.1, 0.15) is 72.1 Å². The van der Waals surface area contributed by atoms with Crippen molar-refractivity contribution >= 4 is 52.7 Å². The number of carbonyl (C=O) groups excluding carboxylic acids is 3. The van der Waals surface area contributed by atoms with E-state index in [1.807, 2.05) is 31.4 Å². The number of fused-ring (bicyclic) bond motifs is 1.